The third kappa shape index (κ3) is 6.94. The van der Waals surface area contributed by atoms with E-state index in [-0.39, 0.29) is 40.1 Å². The van der Waals surface area contributed by atoms with E-state index in [0.29, 0.717) is 22.8 Å². The molecular formula is C20H17N4NaO5S. The molecule has 0 atom stereocenters. The molecule has 3 rings (SSSR count). The van der Waals surface area contributed by atoms with Gasteiger partial charge in [0.2, 0.25) is 0 Å². The standard InChI is InChI=1S/C20H18N4O5S.Na/c1-28-17-9-6-14(7-10-17)21-24-19-11-8-16(13-20(19)29-2)23-22-15-4-3-5-18(12-15)30(25,26)27;/h3-13H,1-2H3,(H,25,26,27);/q;+1/p-1. The summed E-state index contributed by atoms with van der Waals surface area (Å²) >= 11 is 0. The Labute approximate surface area is 201 Å². The van der Waals surface area contributed by atoms with Gasteiger partial charge in [-0.2, -0.15) is 15.3 Å². The number of methoxy groups -OCH3 is 2. The first kappa shape index (κ1) is 24.6. The third-order valence-electron chi connectivity index (χ3n) is 3.90. The maximum atomic E-state index is 11.1. The number of azo groups is 2. The molecule has 0 spiro atoms. The maximum Gasteiger partial charge on any atom is 1.00 e. The molecule has 0 aliphatic heterocycles. The Hall–Kier alpha value is -2.63. The molecule has 0 bridgehead atoms. The van der Waals surface area contributed by atoms with E-state index >= 15 is 0 Å². The van der Waals surface area contributed by atoms with Crippen molar-refractivity contribution < 1.29 is 52.0 Å². The van der Waals surface area contributed by atoms with E-state index in [1.165, 1.54) is 25.3 Å². The normalized spacial score (nSPS) is 11.5. The minimum Gasteiger partial charge on any atom is -0.744 e. The molecule has 11 heteroatoms. The molecule has 0 N–H and O–H groups in total. The van der Waals surface area contributed by atoms with Gasteiger partial charge >= 0.3 is 29.6 Å². The topological polar surface area (TPSA) is 125 Å². The molecule has 0 aromatic heterocycles. The molecule has 0 aliphatic carbocycles. The van der Waals surface area contributed by atoms with Crippen LogP contribution in [0.25, 0.3) is 0 Å². The fourth-order valence-electron chi connectivity index (χ4n) is 2.39. The summed E-state index contributed by atoms with van der Waals surface area (Å²) in [4.78, 5) is -0.370. The van der Waals surface area contributed by atoms with E-state index in [1.54, 1.807) is 49.6 Å². The Bertz CT molecular complexity index is 1200. The van der Waals surface area contributed by atoms with Crippen molar-refractivity contribution in [2.75, 3.05) is 14.2 Å². The van der Waals surface area contributed by atoms with Gasteiger partial charge in [-0.3, -0.25) is 0 Å². The molecule has 3 aromatic rings. The van der Waals surface area contributed by atoms with Crippen LogP contribution < -0.4 is 39.0 Å². The van der Waals surface area contributed by atoms with Gasteiger partial charge in [0.25, 0.3) is 0 Å². The molecule has 31 heavy (non-hydrogen) atoms. The molecule has 0 saturated heterocycles. The number of ether oxygens (including phenoxy) is 2. The van der Waals surface area contributed by atoms with Crippen LogP contribution >= 0.6 is 0 Å². The van der Waals surface area contributed by atoms with Crippen LogP contribution in [0.5, 0.6) is 11.5 Å². The second-order valence-electron chi connectivity index (χ2n) is 5.91. The van der Waals surface area contributed by atoms with Crippen LogP contribution in [0.4, 0.5) is 22.7 Å². The van der Waals surface area contributed by atoms with Crippen LogP contribution in [0.3, 0.4) is 0 Å². The fraction of sp³-hybridized carbons (Fsp3) is 0.100. The van der Waals surface area contributed by atoms with Gasteiger partial charge in [0, 0.05) is 6.07 Å². The Kier molecular flexibility index (Phi) is 8.84. The average Bonchev–Trinajstić information content (AvgIpc) is 2.76. The summed E-state index contributed by atoms with van der Waals surface area (Å²) in [5.41, 5.74) is 1.82. The minimum atomic E-state index is -4.56. The number of nitrogens with zero attached hydrogens (tertiary/aromatic N) is 4. The molecule has 0 amide bonds. The zero-order valence-electron chi connectivity index (χ0n) is 17.1. The molecule has 154 valence electrons. The second-order valence-corrected chi connectivity index (χ2v) is 7.29. The molecule has 3 aromatic carbocycles. The summed E-state index contributed by atoms with van der Waals surface area (Å²) in [5, 5.41) is 16.4. The Balaban J connectivity index is 0.00000341. The van der Waals surface area contributed by atoms with Gasteiger partial charge in [0.05, 0.1) is 36.2 Å². The van der Waals surface area contributed by atoms with Crippen molar-refractivity contribution in [3.63, 3.8) is 0 Å². The van der Waals surface area contributed by atoms with Crippen molar-refractivity contribution in [3.05, 3.63) is 66.7 Å². The zero-order chi connectivity index (χ0) is 21.6. The molecule has 0 saturated carbocycles. The average molecular weight is 448 g/mol. The monoisotopic (exact) mass is 448 g/mol. The summed E-state index contributed by atoms with van der Waals surface area (Å²) in [6.45, 7) is 0. The van der Waals surface area contributed by atoms with Gasteiger partial charge in [-0.25, -0.2) is 8.42 Å². The van der Waals surface area contributed by atoms with Crippen molar-refractivity contribution in [2.24, 2.45) is 20.5 Å². The zero-order valence-corrected chi connectivity index (χ0v) is 19.9. The molecule has 0 heterocycles. The van der Waals surface area contributed by atoms with Crippen LogP contribution in [0.2, 0.25) is 0 Å². The molecule has 9 nitrogen and oxygen atoms in total. The largest absolute Gasteiger partial charge is 1.00 e. The fourth-order valence-corrected chi connectivity index (χ4v) is 2.90. The van der Waals surface area contributed by atoms with Gasteiger partial charge in [-0.1, -0.05) is 6.07 Å². The van der Waals surface area contributed by atoms with Crippen molar-refractivity contribution in [1.29, 1.82) is 0 Å². The quantitative estimate of drug-likeness (QED) is 0.312. The van der Waals surface area contributed by atoms with Gasteiger partial charge in [-0.05, 0) is 54.6 Å². The van der Waals surface area contributed by atoms with Crippen LogP contribution in [-0.2, 0) is 10.1 Å². The first-order valence-corrected chi connectivity index (χ1v) is 10.0. The molecule has 0 aliphatic rings. The number of hydrogen-bond acceptors (Lipinski definition) is 9. The Morgan fingerprint density at radius 1 is 0.742 bits per heavy atom. The molecular weight excluding hydrogens is 431 g/mol. The summed E-state index contributed by atoms with van der Waals surface area (Å²) in [5.74, 6) is 1.15. The molecule has 0 radical (unpaired) electrons. The van der Waals surface area contributed by atoms with Gasteiger partial charge in [-0.15, -0.1) is 5.11 Å². The number of benzene rings is 3. The number of rotatable bonds is 7. The predicted molar refractivity (Wildman–Crippen MR) is 109 cm³/mol. The van der Waals surface area contributed by atoms with E-state index in [1.807, 2.05) is 0 Å². The van der Waals surface area contributed by atoms with E-state index < -0.39 is 10.1 Å². The van der Waals surface area contributed by atoms with Crippen LogP contribution in [0.1, 0.15) is 0 Å². The van der Waals surface area contributed by atoms with E-state index in [9.17, 15) is 13.0 Å². The van der Waals surface area contributed by atoms with Gasteiger partial charge in [0.15, 0.2) is 0 Å². The van der Waals surface area contributed by atoms with E-state index in [2.05, 4.69) is 20.5 Å². The van der Waals surface area contributed by atoms with Crippen molar-refractivity contribution in [3.8, 4) is 11.5 Å². The van der Waals surface area contributed by atoms with Crippen LogP contribution in [-0.4, -0.2) is 27.2 Å². The first-order chi connectivity index (χ1) is 14.4. The van der Waals surface area contributed by atoms with E-state index in [4.69, 9.17) is 9.47 Å². The van der Waals surface area contributed by atoms with Gasteiger partial charge in [0.1, 0.15) is 27.3 Å². The summed E-state index contributed by atoms with van der Waals surface area (Å²) in [6.07, 6.45) is 0. The summed E-state index contributed by atoms with van der Waals surface area (Å²) in [6, 6.07) is 17.3. The van der Waals surface area contributed by atoms with E-state index in [0.717, 1.165) is 11.8 Å². The Morgan fingerprint density at radius 3 is 1.97 bits per heavy atom. The predicted octanol–water partition coefficient (Wildman–Crippen LogP) is 2.44. The molecule has 0 fully saturated rings. The summed E-state index contributed by atoms with van der Waals surface area (Å²) < 4.78 is 43.8. The minimum absolute atomic E-state index is 0. The molecule has 0 unspecified atom stereocenters. The van der Waals surface area contributed by atoms with Crippen molar-refractivity contribution >= 4 is 32.9 Å². The van der Waals surface area contributed by atoms with Crippen LogP contribution in [0.15, 0.2) is 92.1 Å². The SMILES string of the molecule is COc1ccc(N=Nc2ccc(N=Nc3cccc(S(=O)(=O)[O-])c3)cc2OC)cc1.[Na+]. The summed E-state index contributed by atoms with van der Waals surface area (Å²) in [7, 11) is -1.48. The first-order valence-electron chi connectivity index (χ1n) is 8.60. The second kappa shape index (κ2) is 11.1. The third-order valence-corrected chi connectivity index (χ3v) is 4.73. The maximum absolute atomic E-state index is 11.1. The van der Waals surface area contributed by atoms with Crippen molar-refractivity contribution in [2.45, 2.75) is 4.90 Å². The smallest absolute Gasteiger partial charge is 0.744 e. The van der Waals surface area contributed by atoms with Crippen molar-refractivity contribution in [1.82, 2.24) is 0 Å². The Morgan fingerprint density at radius 2 is 1.35 bits per heavy atom. The number of hydrogen-bond donors (Lipinski definition) is 0. The van der Waals surface area contributed by atoms with Gasteiger partial charge < -0.3 is 14.0 Å². The van der Waals surface area contributed by atoms with Crippen LogP contribution in [0, 0.1) is 0 Å².